The highest BCUT2D eigenvalue weighted by Crippen LogP contribution is 2.32. The van der Waals surface area contributed by atoms with Crippen LogP contribution in [0.4, 0.5) is 4.79 Å². The molecular formula is C25H34N3O4P. The second-order valence-corrected chi connectivity index (χ2v) is 11.9. The summed E-state index contributed by atoms with van der Waals surface area (Å²) < 4.78 is 25.6. The standard InChI is InChI=1S/C25H34N3O4P/c1-17(26-23(29)32-25(5,6)7)33(30)31-16-28-21-11-9-8-10-20(21)27-22(28)18-12-14-19(15-13-18)24(2,3)4/h8-15,17,33H,16H2,1-7H3,(H,26,29)/t17-/m1/s1. The Morgan fingerprint density at radius 2 is 1.70 bits per heavy atom. The van der Waals surface area contributed by atoms with Crippen LogP contribution in [0.3, 0.4) is 0 Å². The summed E-state index contributed by atoms with van der Waals surface area (Å²) in [5, 5.41) is 2.59. The molecule has 0 aliphatic heterocycles. The molecule has 0 saturated heterocycles. The van der Waals surface area contributed by atoms with Gasteiger partial charge in [0.2, 0.25) is 8.03 Å². The van der Waals surface area contributed by atoms with Crippen molar-refractivity contribution in [2.24, 2.45) is 0 Å². The van der Waals surface area contributed by atoms with Gasteiger partial charge in [-0.2, -0.15) is 0 Å². The number of carbonyl (C=O) groups excluding carboxylic acids is 1. The highest BCUT2D eigenvalue weighted by molar-refractivity contribution is 7.39. The van der Waals surface area contributed by atoms with Crippen LogP contribution in [0.5, 0.6) is 0 Å². The maximum absolute atomic E-state index is 12.7. The third-order valence-corrected chi connectivity index (χ3v) is 6.35. The number of nitrogens with one attached hydrogen (secondary N) is 1. The van der Waals surface area contributed by atoms with Crippen molar-refractivity contribution in [2.45, 2.75) is 72.0 Å². The van der Waals surface area contributed by atoms with Crippen molar-refractivity contribution < 1.29 is 18.6 Å². The number of alkyl carbamates (subject to hydrolysis) is 1. The normalized spacial score (nSPS) is 14.2. The summed E-state index contributed by atoms with van der Waals surface area (Å²) in [5.74, 6) is 0.0633. The van der Waals surface area contributed by atoms with Crippen LogP contribution in [-0.4, -0.2) is 27.0 Å². The van der Waals surface area contributed by atoms with Gasteiger partial charge in [-0.15, -0.1) is 0 Å². The molecule has 1 amide bonds. The first-order valence-electron chi connectivity index (χ1n) is 11.1. The first-order chi connectivity index (χ1) is 15.3. The fraction of sp³-hybridized carbons (Fsp3) is 0.440. The highest BCUT2D eigenvalue weighted by Gasteiger charge is 2.22. The molecule has 178 valence electrons. The van der Waals surface area contributed by atoms with Gasteiger partial charge in [0.15, 0.2) is 0 Å². The lowest BCUT2D eigenvalue weighted by Crippen LogP contribution is -2.36. The van der Waals surface area contributed by atoms with E-state index in [1.54, 1.807) is 27.7 Å². The molecule has 1 unspecified atom stereocenters. The van der Waals surface area contributed by atoms with Crippen molar-refractivity contribution in [1.82, 2.24) is 14.9 Å². The van der Waals surface area contributed by atoms with Crippen LogP contribution in [0, 0.1) is 0 Å². The third-order valence-electron chi connectivity index (χ3n) is 5.09. The van der Waals surface area contributed by atoms with Gasteiger partial charge in [0, 0.05) is 5.56 Å². The number of aromatic nitrogens is 2. The topological polar surface area (TPSA) is 82.5 Å². The SMILES string of the molecule is C[C@H](NC(=O)OC(C)(C)C)[PH](=O)OCn1c(-c2ccc(C(C)(C)C)cc2)nc2ccccc21. The van der Waals surface area contributed by atoms with Gasteiger partial charge >= 0.3 is 6.09 Å². The van der Waals surface area contributed by atoms with E-state index in [0.29, 0.717) is 0 Å². The minimum atomic E-state index is -2.60. The molecule has 8 heteroatoms. The van der Waals surface area contributed by atoms with E-state index >= 15 is 0 Å². The second kappa shape index (κ2) is 9.70. The van der Waals surface area contributed by atoms with E-state index in [1.807, 2.05) is 41.0 Å². The van der Waals surface area contributed by atoms with Crippen molar-refractivity contribution in [3.05, 3.63) is 54.1 Å². The third kappa shape index (κ3) is 6.46. The van der Waals surface area contributed by atoms with Crippen molar-refractivity contribution in [3.8, 4) is 11.4 Å². The first kappa shape index (κ1) is 25.0. The molecule has 3 rings (SSSR count). The minimum Gasteiger partial charge on any atom is -0.444 e. The Morgan fingerprint density at radius 1 is 1.06 bits per heavy atom. The Labute approximate surface area is 196 Å². The van der Waals surface area contributed by atoms with Crippen molar-refractivity contribution in [1.29, 1.82) is 0 Å². The van der Waals surface area contributed by atoms with Gasteiger partial charge in [0.1, 0.15) is 23.9 Å². The van der Waals surface area contributed by atoms with Crippen LogP contribution in [0.15, 0.2) is 48.5 Å². The average Bonchev–Trinajstić information content (AvgIpc) is 3.08. The molecule has 0 aliphatic rings. The van der Waals surface area contributed by atoms with Gasteiger partial charge in [-0.05, 0) is 50.8 Å². The summed E-state index contributed by atoms with van der Waals surface area (Å²) in [7, 11) is -2.60. The Morgan fingerprint density at radius 3 is 2.30 bits per heavy atom. The fourth-order valence-corrected chi connectivity index (χ4v) is 4.08. The molecule has 7 nitrogen and oxygen atoms in total. The zero-order chi connectivity index (χ0) is 24.4. The highest BCUT2D eigenvalue weighted by atomic mass is 31.1. The van der Waals surface area contributed by atoms with Gasteiger partial charge < -0.3 is 14.6 Å². The molecule has 33 heavy (non-hydrogen) atoms. The molecule has 0 saturated carbocycles. The summed E-state index contributed by atoms with van der Waals surface area (Å²) in [4.78, 5) is 16.8. The largest absolute Gasteiger partial charge is 0.444 e. The van der Waals surface area contributed by atoms with Gasteiger partial charge in [-0.3, -0.25) is 9.13 Å². The molecule has 1 N–H and O–H groups in total. The van der Waals surface area contributed by atoms with E-state index in [4.69, 9.17) is 14.2 Å². The average molecular weight is 472 g/mol. The molecule has 0 spiro atoms. The Balaban J connectivity index is 1.80. The molecule has 0 radical (unpaired) electrons. The van der Waals surface area contributed by atoms with E-state index in [2.05, 4.69) is 38.2 Å². The minimum absolute atomic E-state index is 0.0506. The second-order valence-electron chi connectivity index (χ2n) is 10.1. The smallest absolute Gasteiger partial charge is 0.408 e. The van der Waals surface area contributed by atoms with Crippen LogP contribution in [0.1, 0.15) is 54.0 Å². The van der Waals surface area contributed by atoms with Gasteiger partial charge in [0.05, 0.1) is 11.0 Å². The molecule has 2 aromatic carbocycles. The Hall–Kier alpha value is -2.63. The number of ether oxygens (including phenoxy) is 1. The monoisotopic (exact) mass is 471 g/mol. The molecular weight excluding hydrogens is 437 g/mol. The summed E-state index contributed by atoms with van der Waals surface area (Å²) in [6.45, 7) is 13.5. The number of imidazole rings is 1. The molecule has 1 aromatic heterocycles. The van der Waals surface area contributed by atoms with E-state index in [9.17, 15) is 9.36 Å². The molecule has 0 fully saturated rings. The van der Waals surface area contributed by atoms with E-state index in [1.165, 1.54) is 5.56 Å². The van der Waals surface area contributed by atoms with Gasteiger partial charge in [0.25, 0.3) is 0 Å². The summed E-state index contributed by atoms with van der Waals surface area (Å²) >= 11 is 0. The lowest BCUT2D eigenvalue weighted by atomic mass is 9.87. The van der Waals surface area contributed by atoms with Crippen molar-refractivity contribution >= 4 is 25.2 Å². The quantitative estimate of drug-likeness (QED) is 0.425. The van der Waals surface area contributed by atoms with E-state index in [-0.39, 0.29) is 12.1 Å². The summed E-state index contributed by atoms with van der Waals surface area (Å²) in [6, 6.07) is 16.1. The van der Waals surface area contributed by atoms with Crippen LogP contribution in [0.2, 0.25) is 0 Å². The molecule has 0 bridgehead atoms. The summed E-state index contributed by atoms with van der Waals surface area (Å²) in [6.07, 6.45) is -0.621. The molecule has 0 aliphatic carbocycles. The Bertz CT molecular complexity index is 1140. The number of nitrogens with zero attached hydrogens (tertiary/aromatic N) is 2. The number of rotatable bonds is 6. The molecule has 1 heterocycles. The van der Waals surface area contributed by atoms with Crippen LogP contribution in [-0.2, 0) is 26.0 Å². The van der Waals surface area contributed by atoms with Crippen LogP contribution in [0.25, 0.3) is 22.4 Å². The maximum atomic E-state index is 12.7. The zero-order valence-corrected chi connectivity index (χ0v) is 21.4. The number of benzene rings is 2. The number of carbonyl (C=O) groups is 1. The number of amides is 1. The Kier molecular flexibility index (Phi) is 7.35. The molecule has 2 atom stereocenters. The van der Waals surface area contributed by atoms with Crippen molar-refractivity contribution in [2.75, 3.05) is 0 Å². The first-order valence-corrected chi connectivity index (χ1v) is 12.5. The lowest BCUT2D eigenvalue weighted by Gasteiger charge is -2.22. The zero-order valence-electron chi connectivity index (χ0n) is 20.4. The number of hydrogen-bond acceptors (Lipinski definition) is 5. The van der Waals surface area contributed by atoms with Gasteiger partial charge in [-0.25, -0.2) is 9.78 Å². The van der Waals surface area contributed by atoms with Gasteiger partial charge in [-0.1, -0.05) is 57.2 Å². The summed E-state index contributed by atoms with van der Waals surface area (Å²) in [5.41, 5.74) is 3.32. The van der Waals surface area contributed by atoms with Crippen molar-refractivity contribution in [3.63, 3.8) is 0 Å². The lowest BCUT2D eigenvalue weighted by molar-refractivity contribution is 0.0520. The van der Waals surface area contributed by atoms with E-state index in [0.717, 1.165) is 22.4 Å². The number of fused-ring (bicyclic) bond motifs is 1. The molecule has 3 aromatic rings. The number of hydrogen-bond donors (Lipinski definition) is 1. The number of para-hydroxylation sites is 2. The van der Waals surface area contributed by atoms with E-state index < -0.39 is 25.5 Å². The predicted octanol–water partition coefficient (Wildman–Crippen LogP) is 6.32. The van der Waals surface area contributed by atoms with Crippen LogP contribution >= 0.6 is 8.03 Å². The predicted molar refractivity (Wildman–Crippen MR) is 133 cm³/mol. The van der Waals surface area contributed by atoms with Crippen LogP contribution < -0.4 is 5.32 Å². The fourth-order valence-electron chi connectivity index (χ4n) is 3.34. The maximum Gasteiger partial charge on any atom is 0.408 e.